The Morgan fingerprint density at radius 2 is 2.05 bits per heavy atom. The summed E-state index contributed by atoms with van der Waals surface area (Å²) < 4.78 is 26.9. The summed E-state index contributed by atoms with van der Waals surface area (Å²) in [4.78, 5) is 11.3. The fraction of sp³-hybridized carbons (Fsp3) is 0.533. The molecule has 0 bridgehead atoms. The normalized spacial score (nSPS) is 14.8. The highest BCUT2D eigenvalue weighted by Crippen LogP contribution is 2.28. The van der Waals surface area contributed by atoms with Crippen LogP contribution in [0.4, 0.5) is 5.69 Å². The number of carboxylic acid groups (broad SMARTS) is 1. The highest BCUT2D eigenvalue weighted by atomic mass is 32.2. The van der Waals surface area contributed by atoms with Crippen molar-refractivity contribution in [1.82, 2.24) is 4.72 Å². The number of carboxylic acids is 1. The van der Waals surface area contributed by atoms with E-state index < -0.39 is 16.0 Å². The predicted molar refractivity (Wildman–Crippen MR) is 84.8 cm³/mol. The molecule has 0 spiro atoms. The van der Waals surface area contributed by atoms with E-state index in [1.807, 2.05) is 6.92 Å². The molecule has 0 amide bonds. The molecule has 3 N–H and O–H groups in total. The minimum absolute atomic E-state index is 0.0108. The number of carbonyl (C=O) groups is 1. The first-order valence-corrected chi connectivity index (χ1v) is 9.06. The van der Waals surface area contributed by atoms with Crippen molar-refractivity contribution in [3.05, 3.63) is 23.8 Å². The Hall–Kier alpha value is -1.60. The summed E-state index contributed by atoms with van der Waals surface area (Å²) in [6, 6.07) is 4.49. The van der Waals surface area contributed by atoms with Crippen LogP contribution in [0.1, 0.15) is 49.4 Å². The van der Waals surface area contributed by atoms with E-state index in [-0.39, 0.29) is 10.5 Å². The van der Waals surface area contributed by atoms with Crippen molar-refractivity contribution in [1.29, 1.82) is 0 Å². The van der Waals surface area contributed by atoms with Crippen molar-refractivity contribution in [2.24, 2.45) is 0 Å². The molecule has 0 aromatic heterocycles. The second-order valence-electron chi connectivity index (χ2n) is 5.54. The summed E-state index contributed by atoms with van der Waals surface area (Å²) in [5, 5.41) is 12.4. The van der Waals surface area contributed by atoms with Gasteiger partial charge in [-0.15, -0.1) is 0 Å². The third-order valence-corrected chi connectivity index (χ3v) is 5.00. The van der Waals surface area contributed by atoms with Crippen LogP contribution < -0.4 is 10.0 Å². The maximum Gasteiger partial charge on any atom is 0.337 e. The fourth-order valence-electron chi connectivity index (χ4n) is 2.11. The SMILES string of the molecule is CCCCCNS(=O)(=O)c1ccc(NC2CC2)c(C(=O)O)c1. The Labute approximate surface area is 131 Å². The molecule has 1 aliphatic rings. The standard InChI is InChI=1S/C15H22N2O4S/c1-2-3-4-9-16-22(20,21)12-7-8-14(17-11-5-6-11)13(10-12)15(18)19/h7-8,10-11,16-17H,2-6,9H2,1H3,(H,18,19). The van der Waals surface area contributed by atoms with Gasteiger partial charge in [-0.1, -0.05) is 19.8 Å². The van der Waals surface area contributed by atoms with Crippen LogP contribution in [0.15, 0.2) is 23.1 Å². The third kappa shape index (κ3) is 4.45. The van der Waals surface area contributed by atoms with Gasteiger partial charge < -0.3 is 10.4 Å². The third-order valence-electron chi connectivity index (χ3n) is 3.54. The van der Waals surface area contributed by atoms with Crippen LogP contribution in [0.5, 0.6) is 0 Å². The summed E-state index contributed by atoms with van der Waals surface area (Å²) in [5.74, 6) is -1.13. The van der Waals surface area contributed by atoms with Crippen LogP contribution in [0.25, 0.3) is 0 Å². The minimum Gasteiger partial charge on any atom is -0.478 e. The molecule has 1 aromatic rings. The van der Waals surface area contributed by atoms with Gasteiger partial charge in [0.25, 0.3) is 0 Å². The zero-order valence-corrected chi connectivity index (χ0v) is 13.4. The van der Waals surface area contributed by atoms with Gasteiger partial charge in [0.2, 0.25) is 10.0 Å². The van der Waals surface area contributed by atoms with Crippen molar-refractivity contribution < 1.29 is 18.3 Å². The van der Waals surface area contributed by atoms with E-state index in [1.165, 1.54) is 18.2 Å². The number of sulfonamides is 1. The van der Waals surface area contributed by atoms with Crippen molar-refractivity contribution in [3.8, 4) is 0 Å². The summed E-state index contributed by atoms with van der Waals surface area (Å²) in [6.07, 6.45) is 4.75. The Morgan fingerprint density at radius 3 is 2.64 bits per heavy atom. The van der Waals surface area contributed by atoms with E-state index in [0.29, 0.717) is 18.3 Å². The number of hydrogen-bond acceptors (Lipinski definition) is 4. The molecule has 0 saturated heterocycles. The lowest BCUT2D eigenvalue weighted by molar-refractivity contribution is 0.0697. The molecule has 0 radical (unpaired) electrons. The highest BCUT2D eigenvalue weighted by Gasteiger charge is 2.24. The second kappa shape index (κ2) is 7.11. The second-order valence-corrected chi connectivity index (χ2v) is 7.30. The van der Waals surface area contributed by atoms with E-state index in [1.54, 1.807) is 0 Å². The zero-order chi connectivity index (χ0) is 16.2. The van der Waals surface area contributed by atoms with Gasteiger partial charge in [0.15, 0.2) is 0 Å². The molecule has 7 heteroatoms. The van der Waals surface area contributed by atoms with E-state index in [0.717, 1.165) is 32.1 Å². The molecule has 1 saturated carbocycles. The molecule has 22 heavy (non-hydrogen) atoms. The maximum atomic E-state index is 12.2. The Bertz CT molecular complexity index is 639. The van der Waals surface area contributed by atoms with Gasteiger partial charge in [-0.2, -0.15) is 0 Å². The summed E-state index contributed by atoms with van der Waals surface area (Å²) in [6.45, 7) is 2.40. The van der Waals surface area contributed by atoms with E-state index in [2.05, 4.69) is 10.0 Å². The molecule has 1 aromatic carbocycles. The molecular weight excluding hydrogens is 304 g/mol. The molecule has 0 unspecified atom stereocenters. The number of hydrogen-bond donors (Lipinski definition) is 3. The quantitative estimate of drug-likeness (QED) is 0.606. The van der Waals surface area contributed by atoms with Gasteiger partial charge >= 0.3 is 5.97 Å². The lowest BCUT2D eigenvalue weighted by atomic mass is 10.2. The van der Waals surface area contributed by atoms with Gasteiger partial charge in [0.1, 0.15) is 0 Å². The number of unbranched alkanes of at least 4 members (excludes halogenated alkanes) is 2. The molecule has 0 aliphatic heterocycles. The predicted octanol–water partition coefficient (Wildman–Crippen LogP) is 2.43. The van der Waals surface area contributed by atoms with Gasteiger partial charge in [0, 0.05) is 18.3 Å². The van der Waals surface area contributed by atoms with Crippen LogP contribution in [0.3, 0.4) is 0 Å². The first-order valence-electron chi connectivity index (χ1n) is 7.57. The summed E-state index contributed by atoms with van der Waals surface area (Å²) in [7, 11) is -3.67. The van der Waals surface area contributed by atoms with E-state index in [4.69, 9.17) is 0 Å². The van der Waals surface area contributed by atoms with Gasteiger partial charge in [-0.25, -0.2) is 17.9 Å². The van der Waals surface area contributed by atoms with Crippen LogP contribution in [0.2, 0.25) is 0 Å². The average molecular weight is 326 g/mol. The number of rotatable bonds is 9. The molecule has 0 atom stereocenters. The van der Waals surface area contributed by atoms with Gasteiger partial charge in [0.05, 0.1) is 10.5 Å². The van der Waals surface area contributed by atoms with Crippen molar-refractivity contribution in [2.75, 3.05) is 11.9 Å². The smallest absolute Gasteiger partial charge is 0.337 e. The number of nitrogens with one attached hydrogen (secondary N) is 2. The largest absolute Gasteiger partial charge is 0.478 e. The van der Waals surface area contributed by atoms with Crippen molar-refractivity contribution in [2.45, 2.75) is 50.0 Å². The van der Waals surface area contributed by atoms with Crippen LogP contribution in [-0.2, 0) is 10.0 Å². The number of anilines is 1. The topological polar surface area (TPSA) is 95.5 Å². The van der Waals surface area contributed by atoms with E-state index >= 15 is 0 Å². The fourth-order valence-corrected chi connectivity index (χ4v) is 3.21. The van der Waals surface area contributed by atoms with Crippen LogP contribution in [0, 0.1) is 0 Å². The Kier molecular flexibility index (Phi) is 5.42. The Balaban J connectivity index is 2.16. The van der Waals surface area contributed by atoms with Crippen LogP contribution in [-0.4, -0.2) is 32.1 Å². The summed E-state index contributed by atoms with van der Waals surface area (Å²) >= 11 is 0. The first-order chi connectivity index (χ1) is 10.4. The molecule has 0 heterocycles. The first kappa shape index (κ1) is 16.8. The monoisotopic (exact) mass is 326 g/mol. The van der Waals surface area contributed by atoms with Crippen molar-refractivity contribution in [3.63, 3.8) is 0 Å². The average Bonchev–Trinajstić information content (AvgIpc) is 3.27. The number of aromatic carboxylic acids is 1. The minimum atomic E-state index is -3.67. The lowest BCUT2D eigenvalue weighted by Crippen LogP contribution is -2.25. The number of benzene rings is 1. The van der Waals surface area contributed by atoms with E-state index in [9.17, 15) is 18.3 Å². The van der Waals surface area contributed by atoms with Gasteiger partial charge in [-0.3, -0.25) is 0 Å². The molecular formula is C15H22N2O4S. The molecule has 6 nitrogen and oxygen atoms in total. The molecule has 1 fully saturated rings. The zero-order valence-electron chi connectivity index (χ0n) is 12.6. The van der Waals surface area contributed by atoms with Crippen molar-refractivity contribution >= 4 is 21.7 Å². The highest BCUT2D eigenvalue weighted by molar-refractivity contribution is 7.89. The summed E-state index contributed by atoms with van der Waals surface area (Å²) in [5.41, 5.74) is 0.461. The Morgan fingerprint density at radius 1 is 1.32 bits per heavy atom. The molecule has 122 valence electrons. The van der Waals surface area contributed by atoms with Crippen LogP contribution >= 0.6 is 0 Å². The lowest BCUT2D eigenvalue weighted by Gasteiger charge is -2.11. The van der Waals surface area contributed by atoms with Gasteiger partial charge in [-0.05, 0) is 37.5 Å². The maximum absolute atomic E-state index is 12.2. The molecule has 2 rings (SSSR count). The molecule has 1 aliphatic carbocycles.